The Bertz CT molecular complexity index is 1000. The molecule has 0 aliphatic rings. The first kappa shape index (κ1) is 21.2. The molecule has 6 nitrogen and oxygen atoms in total. The number of imidazole rings is 1. The van der Waals surface area contributed by atoms with Gasteiger partial charge in [-0.1, -0.05) is 24.3 Å². The Labute approximate surface area is 171 Å². The molecule has 1 aromatic heterocycles. The zero-order valence-electron chi connectivity index (χ0n) is 16.4. The van der Waals surface area contributed by atoms with Crippen molar-refractivity contribution in [3.8, 4) is 5.75 Å². The van der Waals surface area contributed by atoms with Gasteiger partial charge in [-0.25, -0.2) is 9.78 Å². The fraction of sp³-hybridized carbons (Fsp3) is 0.238. The molecule has 1 heterocycles. The number of aryl methyl sites for hydroxylation is 1. The highest BCUT2D eigenvalue weighted by molar-refractivity contribution is 5.74. The summed E-state index contributed by atoms with van der Waals surface area (Å²) in [6, 6.07) is 10.9. The molecule has 0 radical (unpaired) electrons. The van der Waals surface area contributed by atoms with Gasteiger partial charge in [-0.15, -0.1) is 0 Å². The third-order valence-corrected chi connectivity index (χ3v) is 4.55. The third-order valence-electron chi connectivity index (χ3n) is 4.55. The number of ether oxygens (including phenoxy) is 1. The average Bonchev–Trinajstić information content (AvgIpc) is 3.16. The first-order valence-electron chi connectivity index (χ1n) is 9.09. The standard InChI is InChI=1S/C21H21F3N4O2/c1-28-11-10-25-19(28)18(15-6-8-17(30-2)9-7-15)27-20(29)26-13-14-4-3-5-16(12-14)21(22,23)24/h3-12,18H,13H2,1-2H3,(H2,26,27,29). The molecule has 0 aliphatic carbocycles. The minimum Gasteiger partial charge on any atom is -0.497 e. The van der Waals surface area contributed by atoms with Crippen LogP contribution in [0.15, 0.2) is 60.9 Å². The van der Waals surface area contributed by atoms with E-state index in [2.05, 4.69) is 15.6 Å². The van der Waals surface area contributed by atoms with E-state index in [-0.39, 0.29) is 6.54 Å². The summed E-state index contributed by atoms with van der Waals surface area (Å²) < 4.78 is 45.5. The topological polar surface area (TPSA) is 68.2 Å². The van der Waals surface area contributed by atoms with Gasteiger partial charge in [0.15, 0.2) is 0 Å². The van der Waals surface area contributed by atoms with Crippen LogP contribution in [-0.4, -0.2) is 22.7 Å². The number of nitrogens with zero attached hydrogens (tertiary/aromatic N) is 2. The van der Waals surface area contributed by atoms with E-state index in [1.807, 2.05) is 12.1 Å². The summed E-state index contributed by atoms with van der Waals surface area (Å²) in [6.45, 7) is -0.0499. The number of carbonyl (C=O) groups is 1. The molecule has 1 unspecified atom stereocenters. The first-order valence-corrected chi connectivity index (χ1v) is 9.09. The summed E-state index contributed by atoms with van der Waals surface area (Å²) >= 11 is 0. The molecule has 3 aromatic rings. The quantitative estimate of drug-likeness (QED) is 0.635. The molecule has 158 valence electrons. The van der Waals surface area contributed by atoms with E-state index in [0.717, 1.165) is 17.7 Å². The number of hydrogen-bond donors (Lipinski definition) is 2. The second-order valence-corrected chi connectivity index (χ2v) is 6.63. The number of alkyl halides is 3. The van der Waals surface area contributed by atoms with E-state index in [4.69, 9.17) is 4.74 Å². The van der Waals surface area contributed by atoms with Crippen LogP contribution in [0.3, 0.4) is 0 Å². The van der Waals surface area contributed by atoms with Gasteiger partial charge in [0.1, 0.15) is 17.6 Å². The molecule has 3 rings (SSSR count). The van der Waals surface area contributed by atoms with Crippen LogP contribution in [0.1, 0.15) is 28.6 Å². The van der Waals surface area contributed by atoms with Crippen molar-refractivity contribution in [1.29, 1.82) is 0 Å². The number of amides is 2. The van der Waals surface area contributed by atoms with Crippen molar-refractivity contribution in [3.63, 3.8) is 0 Å². The van der Waals surface area contributed by atoms with Crippen LogP contribution in [-0.2, 0) is 19.8 Å². The highest BCUT2D eigenvalue weighted by atomic mass is 19.4. The number of hydrogen-bond acceptors (Lipinski definition) is 3. The Hall–Kier alpha value is -3.49. The smallest absolute Gasteiger partial charge is 0.416 e. The lowest BCUT2D eigenvalue weighted by atomic mass is 10.1. The van der Waals surface area contributed by atoms with Gasteiger partial charge < -0.3 is 19.9 Å². The van der Waals surface area contributed by atoms with Crippen LogP contribution >= 0.6 is 0 Å². The Kier molecular flexibility index (Phi) is 6.29. The Morgan fingerprint density at radius 1 is 1.20 bits per heavy atom. The van der Waals surface area contributed by atoms with Crippen LogP contribution in [0.5, 0.6) is 5.75 Å². The lowest BCUT2D eigenvalue weighted by Crippen LogP contribution is -2.39. The largest absolute Gasteiger partial charge is 0.497 e. The lowest BCUT2D eigenvalue weighted by Gasteiger charge is -2.20. The Morgan fingerprint density at radius 2 is 1.93 bits per heavy atom. The predicted molar refractivity (Wildman–Crippen MR) is 105 cm³/mol. The SMILES string of the molecule is COc1ccc(C(NC(=O)NCc2cccc(C(F)(F)F)c2)c2nccn2C)cc1. The number of methoxy groups -OCH3 is 1. The predicted octanol–water partition coefficient (Wildman–Crippen LogP) is 4.04. The number of nitrogens with one attached hydrogen (secondary N) is 2. The van der Waals surface area contributed by atoms with Crippen molar-refractivity contribution in [3.05, 3.63) is 83.4 Å². The second-order valence-electron chi connectivity index (χ2n) is 6.63. The molecule has 0 saturated heterocycles. The summed E-state index contributed by atoms with van der Waals surface area (Å²) in [4.78, 5) is 16.8. The molecule has 0 fully saturated rings. The minimum absolute atomic E-state index is 0.0499. The van der Waals surface area contributed by atoms with E-state index in [0.29, 0.717) is 17.1 Å². The molecule has 2 N–H and O–H groups in total. The summed E-state index contributed by atoms with van der Waals surface area (Å²) in [6.07, 6.45) is -1.06. The van der Waals surface area contributed by atoms with E-state index in [9.17, 15) is 18.0 Å². The molecule has 2 aromatic carbocycles. The van der Waals surface area contributed by atoms with Gasteiger partial charge in [0.05, 0.1) is 12.7 Å². The number of urea groups is 1. The van der Waals surface area contributed by atoms with Crippen molar-refractivity contribution in [2.24, 2.45) is 7.05 Å². The monoisotopic (exact) mass is 418 g/mol. The molecule has 2 amide bonds. The fourth-order valence-electron chi connectivity index (χ4n) is 2.97. The molecule has 0 bridgehead atoms. The molecule has 0 spiro atoms. The third kappa shape index (κ3) is 5.11. The van der Waals surface area contributed by atoms with E-state index in [1.165, 1.54) is 12.1 Å². The van der Waals surface area contributed by atoms with Crippen LogP contribution < -0.4 is 15.4 Å². The zero-order valence-corrected chi connectivity index (χ0v) is 16.4. The van der Waals surface area contributed by atoms with Crippen molar-refractivity contribution in [2.75, 3.05) is 7.11 Å². The van der Waals surface area contributed by atoms with Crippen molar-refractivity contribution < 1.29 is 22.7 Å². The van der Waals surface area contributed by atoms with Gasteiger partial charge in [-0.05, 0) is 35.4 Å². The fourth-order valence-corrected chi connectivity index (χ4v) is 2.97. The second kappa shape index (κ2) is 8.89. The van der Waals surface area contributed by atoms with Crippen molar-refractivity contribution >= 4 is 6.03 Å². The van der Waals surface area contributed by atoms with E-state index in [1.54, 1.807) is 43.3 Å². The average molecular weight is 418 g/mol. The maximum atomic E-state index is 12.9. The molecule has 30 heavy (non-hydrogen) atoms. The maximum absolute atomic E-state index is 12.9. The molecule has 1 atom stereocenters. The van der Waals surface area contributed by atoms with Gasteiger partial charge >= 0.3 is 12.2 Å². The van der Waals surface area contributed by atoms with Crippen LogP contribution in [0.2, 0.25) is 0 Å². The Morgan fingerprint density at radius 3 is 2.53 bits per heavy atom. The summed E-state index contributed by atoms with van der Waals surface area (Å²) in [5.41, 5.74) is 0.364. The molecule has 9 heteroatoms. The summed E-state index contributed by atoms with van der Waals surface area (Å²) in [5.74, 6) is 1.28. The lowest BCUT2D eigenvalue weighted by molar-refractivity contribution is -0.137. The number of rotatable bonds is 6. The normalized spacial score (nSPS) is 12.3. The van der Waals surface area contributed by atoms with Gasteiger partial charge in [0, 0.05) is 26.0 Å². The number of halogens is 3. The van der Waals surface area contributed by atoms with E-state index >= 15 is 0 Å². The van der Waals surface area contributed by atoms with Crippen LogP contribution in [0.4, 0.5) is 18.0 Å². The molecular weight excluding hydrogens is 397 g/mol. The number of carbonyl (C=O) groups excluding carboxylic acids is 1. The first-order chi connectivity index (χ1) is 14.3. The summed E-state index contributed by atoms with van der Waals surface area (Å²) in [5, 5.41) is 5.44. The van der Waals surface area contributed by atoms with Gasteiger partial charge in [-0.2, -0.15) is 13.2 Å². The van der Waals surface area contributed by atoms with Gasteiger partial charge in [0.2, 0.25) is 0 Å². The maximum Gasteiger partial charge on any atom is 0.416 e. The highest BCUT2D eigenvalue weighted by Gasteiger charge is 2.30. The molecular formula is C21H21F3N4O2. The van der Waals surface area contributed by atoms with Gasteiger partial charge in [-0.3, -0.25) is 0 Å². The molecule has 0 saturated carbocycles. The van der Waals surface area contributed by atoms with Crippen molar-refractivity contribution in [2.45, 2.75) is 18.8 Å². The van der Waals surface area contributed by atoms with Crippen LogP contribution in [0, 0.1) is 0 Å². The molecule has 0 aliphatic heterocycles. The minimum atomic E-state index is -4.43. The number of aromatic nitrogens is 2. The zero-order chi connectivity index (χ0) is 21.7. The Balaban J connectivity index is 1.73. The highest BCUT2D eigenvalue weighted by Crippen LogP contribution is 2.29. The van der Waals surface area contributed by atoms with Crippen molar-refractivity contribution in [1.82, 2.24) is 20.2 Å². The van der Waals surface area contributed by atoms with Crippen LogP contribution in [0.25, 0.3) is 0 Å². The van der Waals surface area contributed by atoms with Gasteiger partial charge in [0.25, 0.3) is 0 Å². The number of benzene rings is 2. The van der Waals surface area contributed by atoms with E-state index < -0.39 is 23.8 Å². The summed E-state index contributed by atoms with van der Waals surface area (Å²) in [7, 11) is 3.37.